The van der Waals surface area contributed by atoms with E-state index in [1.807, 2.05) is 18.2 Å². The van der Waals surface area contributed by atoms with Gasteiger partial charge in [0.1, 0.15) is 0 Å². The van der Waals surface area contributed by atoms with E-state index >= 15 is 0 Å². The molecule has 0 radical (unpaired) electrons. The summed E-state index contributed by atoms with van der Waals surface area (Å²) in [5.41, 5.74) is 0.880. The minimum Gasteiger partial charge on any atom is -0.364 e. The summed E-state index contributed by atoms with van der Waals surface area (Å²) < 4.78 is 24.6. The Balaban J connectivity index is 2.04. The molecule has 3 nitrogen and oxygen atoms in total. The molecule has 0 aliphatic carbocycles. The molecule has 2 unspecified atom stereocenters. The molecular formula is C15H20ClNO2S. The lowest BCUT2D eigenvalue weighted by molar-refractivity contribution is 0.471. The Labute approximate surface area is 125 Å². The quantitative estimate of drug-likeness (QED) is 0.804. The summed E-state index contributed by atoms with van der Waals surface area (Å²) in [6, 6.07) is 8.20. The molecule has 0 N–H and O–H groups in total. The molecule has 0 aromatic heterocycles. The van der Waals surface area contributed by atoms with Crippen LogP contribution in [0.25, 0.3) is 0 Å². The highest BCUT2D eigenvalue weighted by molar-refractivity contribution is 7.91. The van der Waals surface area contributed by atoms with Crippen molar-refractivity contribution >= 4 is 27.1 Å². The number of hydrogen-bond donors (Lipinski definition) is 0. The zero-order valence-corrected chi connectivity index (χ0v) is 13.2. The number of sulfone groups is 1. The molecule has 2 aliphatic rings. The molecule has 1 aromatic rings. The van der Waals surface area contributed by atoms with Crippen LogP contribution in [-0.2, 0) is 9.84 Å². The van der Waals surface area contributed by atoms with Crippen LogP contribution in [-0.4, -0.2) is 31.6 Å². The number of alkyl halides is 1. The Kier molecular flexibility index (Phi) is 3.71. The number of fused-ring (bicyclic) bond motifs is 2. The van der Waals surface area contributed by atoms with Crippen molar-refractivity contribution in [1.29, 1.82) is 0 Å². The number of piperidine rings is 1. The molecule has 2 heterocycles. The van der Waals surface area contributed by atoms with Crippen molar-refractivity contribution in [2.75, 3.05) is 10.7 Å². The molecule has 2 aliphatic heterocycles. The van der Waals surface area contributed by atoms with Crippen molar-refractivity contribution in [2.24, 2.45) is 0 Å². The van der Waals surface area contributed by atoms with Gasteiger partial charge in [0.15, 0.2) is 9.84 Å². The van der Waals surface area contributed by atoms with E-state index in [1.54, 1.807) is 13.0 Å². The summed E-state index contributed by atoms with van der Waals surface area (Å²) in [5.74, 6) is 0.144. The minimum absolute atomic E-state index is 0.144. The van der Waals surface area contributed by atoms with Gasteiger partial charge >= 0.3 is 0 Å². The number of hydrogen-bond acceptors (Lipinski definition) is 3. The third-order valence-corrected chi connectivity index (χ3v) is 6.67. The SMILES string of the molecule is CCS(=O)(=O)c1ccccc1N1C2CCC1CC(Cl)C2. The van der Waals surface area contributed by atoms with E-state index in [2.05, 4.69) is 4.90 Å². The Hall–Kier alpha value is -0.740. The van der Waals surface area contributed by atoms with Crippen LogP contribution in [0.4, 0.5) is 5.69 Å². The highest BCUT2D eigenvalue weighted by atomic mass is 35.5. The van der Waals surface area contributed by atoms with E-state index in [4.69, 9.17) is 11.6 Å². The van der Waals surface area contributed by atoms with Gasteiger partial charge in [0.2, 0.25) is 0 Å². The topological polar surface area (TPSA) is 37.4 Å². The van der Waals surface area contributed by atoms with Gasteiger partial charge in [-0.25, -0.2) is 8.42 Å². The van der Waals surface area contributed by atoms with Gasteiger partial charge in [-0.2, -0.15) is 0 Å². The van der Waals surface area contributed by atoms with Crippen LogP contribution in [0, 0.1) is 0 Å². The fourth-order valence-corrected chi connectivity index (χ4v) is 5.09. The molecule has 2 saturated heterocycles. The van der Waals surface area contributed by atoms with Crippen LogP contribution >= 0.6 is 11.6 Å². The summed E-state index contributed by atoms with van der Waals surface area (Å²) in [5, 5.41) is 0.235. The smallest absolute Gasteiger partial charge is 0.180 e. The zero-order chi connectivity index (χ0) is 14.3. The Morgan fingerprint density at radius 1 is 1.20 bits per heavy atom. The lowest BCUT2D eigenvalue weighted by Crippen LogP contribution is -2.44. The first-order valence-electron chi connectivity index (χ1n) is 7.27. The summed E-state index contributed by atoms with van der Waals surface area (Å²) in [4.78, 5) is 2.80. The van der Waals surface area contributed by atoms with Crippen molar-refractivity contribution in [2.45, 2.75) is 55.0 Å². The second kappa shape index (κ2) is 5.23. The molecule has 2 atom stereocenters. The third kappa shape index (κ3) is 2.33. The lowest BCUT2D eigenvalue weighted by atomic mass is 10.0. The van der Waals surface area contributed by atoms with Gasteiger partial charge in [-0.1, -0.05) is 19.1 Å². The first kappa shape index (κ1) is 14.2. The van der Waals surface area contributed by atoms with E-state index in [1.165, 1.54) is 0 Å². The van der Waals surface area contributed by atoms with Crippen LogP contribution in [0.2, 0.25) is 0 Å². The van der Waals surface area contributed by atoms with Crippen molar-refractivity contribution in [1.82, 2.24) is 0 Å². The fraction of sp³-hybridized carbons (Fsp3) is 0.600. The van der Waals surface area contributed by atoms with Crippen molar-refractivity contribution in [3.8, 4) is 0 Å². The second-order valence-electron chi connectivity index (χ2n) is 5.73. The lowest BCUT2D eigenvalue weighted by Gasteiger charge is -2.39. The van der Waals surface area contributed by atoms with Crippen LogP contribution in [0.5, 0.6) is 0 Å². The zero-order valence-electron chi connectivity index (χ0n) is 11.6. The number of benzene rings is 1. The van der Waals surface area contributed by atoms with Gasteiger partial charge < -0.3 is 4.90 Å². The van der Waals surface area contributed by atoms with Crippen molar-refractivity contribution in [3.05, 3.63) is 24.3 Å². The van der Waals surface area contributed by atoms with E-state index in [-0.39, 0.29) is 11.1 Å². The van der Waals surface area contributed by atoms with E-state index in [0.717, 1.165) is 31.4 Å². The Morgan fingerprint density at radius 2 is 1.80 bits per heavy atom. The number of anilines is 1. The van der Waals surface area contributed by atoms with Crippen LogP contribution in [0.15, 0.2) is 29.2 Å². The molecule has 110 valence electrons. The summed E-state index contributed by atoms with van der Waals surface area (Å²) in [7, 11) is -3.19. The van der Waals surface area contributed by atoms with Crippen molar-refractivity contribution < 1.29 is 8.42 Å². The van der Waals surface area contributed by atoms with Gasteiger partial charge in [-0.15, -0.1) is 11.6 Å². The average molecular weight is 314 g/mol. The summed E-state index contributed by atoms with van der Waals surface area (Å²) in [6.45, 7) is 1.70. The third-order valence-electron chi connectivity index (χ3n) is 4.53. The Morgan fingerprint density at radius 3 is 2.40 bits per heavy atom. The number of nitrogens with zero attached hydrogens (tertiary/aromatic N) is 1. The van der Waals surface area contributed by atoms with E-state index in [0.29, 0.717) is 17.0 Å². The molecule has 0 spiro atoms. The van der Waals surface area contributed by atoms with E-state index < -0.39 is 9.84 Å². The second-order valence-corrected chi connectivity index (χ2v) is 8.60. The van der Waals surface area contributed by atoms with Gasteiger partial charge in [0, 0.05) is 17.5 Å². The highest BCUT2D eigenvalue weighted by Crippen LogP contribution is 2.43. The number of para-hydroxylation sites is 1. The first-order chi connectivity index (χ1) is 9.53. The summed E-state index contributed by atoms with van der Waals surface area (Å²) in [6.07, 6.45) is 4.15. The minimum atomic E-state index is -3.19. The van der Waals surface area contributed by atoms with Crippen LogP contribution in [0.3, 0.4) is 0 Å². The Bertz CT molecular complexity index is 588. The molecule has 0 saturated carbocycles. The summed E-state index contributed by atoms with van der Waals surface area (Å²) >= 11 is 6.31. The molecule has 3 rings (SSSR count). The van der Waals surface area contributed by atoms with Gasteiger partial charge in [0.05, 0.1) is 16.3 Å². The molecule has 1 aromatic carbocycles. The number of halogens is 1. The number of rotatable bonds is 3. The van der Waals surface area contributed by atoms with Gasteiger partial charge in [-0.05, 0) is 37.8 Å². The standard InChI is InChI=1S/C15H20ClNO2S/c1-2-20(18,19)15-6-4-3-5-14(15)17-12-7-8-13(17)10-11(16)9-12/h3-6,11-13H,2,7-10H2,1H3. The maximum Gasteiger partial charge on any atom is 0.180 e. The highest BCUT2D eigenvalue weighted by Gasteiger charge is 2.41. The molecule has 2 fully saturated rings. The molecule has 0 amide bonds. The molecular weight excluding hydrogens is 294 g/mol. The predicted octanol–water partition coefficient (Wildman–Crippen LogP) is 3.22. The van der Waals surface area contributed by atoms with Gasteiger partial charge in [-0.3, -0.25) is 0 Å². The average Bonchev–Trinajstić information content (AvgIpc) is 2.71. The molecule has 20 heavy (non-hydrogen) atoms. The van der Waals surface area contributed by atoms with Crippen LogP contribution in [0.1, 0.15) is 32.6 Å². The normalized spacial score (nSPS) is 29.7. The fourth-order valence-electron chi connectivity index (χ4n) is 3.59. The maximum atomic E-state index is 12.3. The monoisotopic (exact) mass is 313 g/mol. The van der Waals surface area contributed by atoms with Crippen molar-refractivity contribution in [3.63, 3.8) is 0 Å². The largest absolute Gasteiger partial charge is 0.364 e. The molecule has 5 heteroatoms. The van der Waals surface area contributed by atoms with Crippen LogP contribution < -0.4 is 4.90 Å². The van der Waals surface area contributed by atoms with E-state index in [9.17, 15) is 8.42 Å². The molecule has 2 bridgehead atoms. The first-order valence-corrected chi connectivity index (χ1v) is 9.36. The maximum absolute atomic E-state index is 12.3. The van der Waals surface area contributed by atoms with Gasteiger partial charge in [0.25, 0.3) is 0 Å². The predicted molar refractivity (Wildman–Crippen MR) is 82.3 cm³/mol.